The fourth-order valence-corrected chi connectivity index (χ4v) is 1.31. The van der Waals surface area contributed by atoms with Crippen LogP contribution in [0.25, 0.3) is 0 Å². The average molecular weight is 272 g/mol. The molecule has 0 aliphatic carbocycles. The molecule has 0 saturated carbocycles. The number of nitrogens with zero attached hydrogens (tertiary/aromatic N) is 2. The van der Waals surface area contributed by atoms with E-state index in [-0.39, 0.29) is 18.4 Å². The quantitative estimate of drug-likeness (QED) is 0.669. The highest BCUT2D eigenvalue weighted by Crippen LogP contribution is 2.03. The third-order valence-electron chi connectivity index (χ3n) is 2.87. The van der Waals surface area contributed by atoms with Crippen LogP contribution in [0.3, 0.4) is 0 Å². The molecular weight excluding hydrogens is 240 g/mol. The van der Waals surface area contributed by atoms with Crippen molar-refractivity contribution in [3.63, 3.8) is 0 Å². The van der Waals surface area contributed by atoms with Gasteiger partial charge in [0.25, 0.3) is 0 Å². The average Bonchev–Trinajstić information content (AvgIpc) is 2.35. The Morgan fingerprint density at radius 1 is 0.842 bits per heavy atom. The second kappa shape index (κ2) is 13.4. The van der Waals surface area contributed by atoms with Gasteiger partial charge in [0.15, 0.2) is 0 Å². The molecule has 0 bridgehead atoms. The zero-order chi connectivity index (χ0) is 15.3. The minimum Gasteiger partial charge on any atom is -0.347 e. The van der Waals surface area contributed by atoms with E-state index in [1.165, 1.54) is 55.2 Å². The van der Waals surface area contributed by atoms with Crippen molar-refractivity contribution in [2.75, 3.05) is 27.7 Å². The highest BCUT2D eigenvalue weighted by atomic mass is 16.2. The summed E-state index contributed by atoms with van der Waals surface area (Å²) >= 11 is 0. The standard InChI is InChI=1S/C8H18.C7H14N2O2/c1-3-5-7-8-6-4-2;1-6(10)9(4)5-7(11)8(2)3/h3-8H2,1-2H3;5H2,1-4H3. The van der Waals surface area contributed by atoms with Gasteiger partial charge in [0.05, 0.1) is 6.54 Å². The topological polar surface area (TPSA) is 40.6 Å². The molecule has 0 atom stereocenters. The van der Waals surface area contributed by atoms with E-state index in [0.29, 0.717) is 0 Å². The maximum atomic E-state index is 11.0. The van der Waals surface area contributed by atoms with Crippen molar-refractivity contribution >= 4 is 11.8 Å². The summed E-state index contributed by atoms with van der Waals surface area (Å²) in [6.07, 6.45) is 8.49. The van der Waals surface area contributed by atoms with E-state index in [4.69, 9.17) is 0 Å². The van der Waals surface area contributed by atoms with Crippen LogP contribution in [-0.2, 0) is 9.59 Å². The summed E-state index contributed by atoms with van der Waals surface area (Å²) in [4.78, 5) is 24.5. The van der Waals surface area contributed by atoms with Crippen molar-refractivity contribution in [2.45, 2.75) is 59.3 Å². The first-order valence-corrected chi connectivity index (χ1v) is 7.28. The Kier molecular flexibility index (Phi) is 14.3. The normalized spacial score (nSPS) is 9.37. The number of hydrogen-bond acceptors (Lipinski definition) is 2. The van der Waals surface area contributed by atoms with Gasteiger partial charge < -0.3 is 9.80 Å². The van der Waals surface area contributed by atoms with Gasteiger partial charge in [-0.2, -0.15) is 0 Å². The molecule has 0 aromatic rings. The Morgan fingerprint density at radius 3 is 1.53 bits per heavy atom. The predicted molar refractivity (Wildman–Crippen MR) is 81.1 cm³/mol. The lowest BCUT2D eigenvalue weighted by atomic mass is 10.1. The fourth-order valence-electron chi connectivity index (χ4n) is 1.31. The minimum atomic E-state index is -0.0970. The Morgan fingerprint density at radius 2 is 1.26 bits per heavy atom. The van der Waals surface area contributed by atoms with Crippen LogP contribution in [0, 0.1) is 0 Å². The van der Waals surface area contributed by atoms with E-state index in [2.05, 4.69) is 13.8 Å². The van der Waals surface area contributed by atoms with Crippen LogP contribution in [-0.4, -0.2) is 49.3 Å². The molecule has 0 radical (unpaired) electrons. The van der Waals surface area contributed by atoms with Gasteiger partial charge in [0, 0.05) is 28.1 Å². The lowest BCUT2D eigenvalue weighted by Crippen LogP contribution is -2.36. The number of hydrogen-bond donors (Lipinski definition) is 0. The van der Waals surface area contributed by atoms with Crippen LogP contribution in [0.1, 0.15) is 59.3 Å². The van der Waals surface area contributed by atoms with E-state index < -0.39 is 0 Å². The van der Waals surface area contributed by atoms with Crippen molar-refractivity contribution in [2.24, 2.45) is 0 Å². The third-order valence-corrected chi connectivity index (χ3v) is 2.87. The molecule has 4 nitrogen and oxygen atoms in total. The fraction of sp³-hybridized carbons (Fsp3) is 0.867. The molecule has 0 aromatic carbocycles. The second-order valence-electron chi connectivity index (χ2n) is 5.08. The summed E-state index contributed by atoms with van der Waals surface area (Å²) in [6, 6.07) is 0. The Bertz CT molecular complexity index is 234. The van der Waals surface area contributed by atoms with Gasteiger partial charge >= 0.3 is 0 Å². The summed E-state index contributed by atoms with van der Waals surface area (Å²) in [5, 5.41) is 0. The molecule has 0 saturated heterocycles. The first-order valence-electron chi connectivity index (χ1n) is 7.28. The molecule has 0 aliphatic rings. The SMILES string of the molecule is CC(=O)N(C)CC(=O)N(C)C.CCCCCCCC. The van der Waals surface area contributed by atoms with Gasteiger partial charge in [0.1, 0.15) is 0 Å². The summed E-state index contributed by atoms with van der Waals surface area (Å²) in [7, 11) is 4.93. The van der Waals surface area contributed by atoms with E-state index >= 15 is 0 Å². The molecular formula is C15H32N2O2. The molecule has 114 valence electrons. The maximum absolute atomic E-state index is 11.0. The summed E-state index contributed by atoms with van der Waals surface area (Å²) in [6.45, 7) is 6.10. The molecule has 0 unspecified atom stereocenters. The van der Waals surface area contributed by atoms with E-state index in [9.17, 15) is 9.59 Å². The summed E-state index contributed by atoms with van der Waals surface area (Å²) < 4.78 is 0. The van der Waals surface area contributed by atoms with E-state index in [1.54, 1.807) is 21.1 Å². The van der Waals surface area contributed by atoms with Crippen molar-refractivity contribution in [1.29, 1.82) is 0 Å². The Balaban J connectivity index is 0. The van der Waals surface area contributed by atoms with Crippen LogP contribution in [0.4, 0.5) is 0 Å². The lowest BCUT2D eigenvalue weighted by Gasteiger charge is -2.17. The minimum absolute atomic E-state index is 0.0669. The Hall–Kier alpha value is -1.06. The number of unbranched alkanes of at least 4 members (excludes halogenated alkanes) is 5. The highest BCUT2D eigenvalue weighted by molar-refractivity contribution is 5.83. The van der Waals surface area contributed by atoms with Gasteiger partial charge in [-0.1, -0.05) is 52.4 Å². The monoisotopic (exact) mass is 272 g/mol. The van der Waals surface area contributed by atoms with Crippen molar-refractivity contribution in [1.82, 2.24) is 9.80 Å². The molecule has 0 rings (SSSR count). The number of rotatable bonds is 7. The molecule has 0 fully saturated rings. The highest BCUT2D eigenvalue weighted by Gasteiger charge is 2.09. The third kappa shape index (κ3) is 14.9. The molecule has 2 amide bonds. The van der Waals surface area contributed by atoms with Gasteiger partial charge in [-0.05, 0) is 0 Å². The zero-order valence-electron chi connectivity index (χ0n) is 13.7. The predicted octanol–water partition coefficient (Wildman–Crippen LogP) is 2.92. The van der Waals surface area contributed by atoms with Crippen LogP contribution >= 0.6 is 0 Å². The Labute approximate surface area is 119 Å². The first-order chi connectivity index (χ1) is 8.86. The van der Waals surface area contributed by atoms with E-state index in [0.717, 1.165) is 0 Å². The molecule has 19 heavy (non-hydrogen) atoms. The second-order valence-corrected chi connectivity index (χ2v) is 5.08. The van der Waals surface area contributed by atoms with Crippen molar-refractivity contribution < 1.29 is 9.59 Å². The molecule has 0 aliphatic heterocycles. The smallest absolute Gasteiger partial charge is 0.241 e. The zero-order valence-corrected chi connectivity index (χ0v) is 13.7. The summed E-state index contributed by atoms with van der Waals surface area (Å²) in [5.41, 5.74) is 0. The van der Waals surface area contributed by atoms with Gasteiger partial charge in [-0.3, -0.25) is 9.59 Å². The lowest BCUT2D eigenvalue weighted by molar-refractivity contribution is -0.136. The molecule has 0 N–H and O–H groups in total. The summed E-state index contributed by atoms with van der Waals surface area (Å²) in [5.74, 6) is -0.164. The number of carbonyl (C=O) groups excluding carboxylic acids is 2. The molecule has 0 aromatic heterocycles. The van der Waals surface area contributed by atoms with Gasteiger partial charge in [0.2, 0.25) is 11.8 Å². The molecule has 0 spiro atoms. The van der Waals surface area contributed by atoms with Gasteiger partial charge in [-0.15, -0.1) is 0 Å². The molecule has 0 heterocycles. The van der Waals surface area contributed by atoms with Crippen LogP contribution in [0.2, 0.25) is 0 Å². The number of amides is 2. The van der Waals surface area contributed by atoms with Crippen LogP contribution < -0.4 is 0 Å². The van der Waals surface area contributed by atoms with Crippen LogP contribution in [0.15, 0.2) is 0 Å². The van der Waals surface area contributed by atoms with Gasteiger partial charge in [-0.25, -0.2) is 0 Å². The number of likely N-dealkylation sites (N-methyl/N-ethyl adjacent to an activating group) is 2. The van der Waals surface area contributed by atoms with Crippen molar-refractivity contribution in [3.8, 4) is 0 Å². The van der Waals surface area contributed by atoms with Crippen molar-refractivity contribution in [3.05, 3.63) is 0 Å². The maximum Gasteiger partial charge on any atom is 0.241 e. The largest absolute Gasteiger partial charge is 0.347 e. The molecule has 4 heteroatoms. The van der Waals surface area contributed by atoms with E-state index in [1.807, 2.05) is 0 Å². The van der Waals surface area contributed by atoms with Crippen LogP contribution in [0.5, 0.6) is 0 Å². The number of carbonyl (C=O) groups is 2. The first kappa shape index (κ1) is 20.3.